The first-order chi connectivity index (χ1) is 18.5. The summed E-state index contributed by atoms with van der Waals surface area (Å²) in [5.41, 5.74) is 3.84. The van der Waals surface area contributed by atoms with E-state index in [1.54, 1.807) is 19.1 Å². The van der Waals surface area contributed by atoms with Crippen molar-refractivity contribution < 1.29 is 23.4 Å². The van der Waals surface area contributed by atoms with E-state index in [1.165, 1.54) is 6.07 Å². The van der Waals surface area contributed by atoms with Crippen LogP contribution in [0.1, 0.15) is 38.2 Å². The highest BCUT2D eigenvalue weighted by atomic mass is 16.5. The zero-order valence-electron chi connectivity index (χ0n) is 21.6. The topological polar surface area (TPSA) is 75.0 Å². The summed E-state index contributed by atoms with van der Waals surface area (Å²) >= 11 is 0. The molecule has 4 rings (SSSR count). The summed E-state index contributed by atoms with van der Waals surface area (Å²) in [6.07, 6.45) is 3.82. The molecular formula is C32H32O6. The maximum absolute atomic E-state index is 11.3. The fourth-order valence-electron chi connectivity index (χ4n) is 3.90. The van der Waals surface area contributed by atoms with Gasteiger partial charge in [-0.15, -0.1) is 0 Å². The highest BCUT2D eigenvalue weighted by Gasteiger charge is 2.04. The fraction of sp³-hybridized carbons (Fsp3) is 0.250. The first kappa shape index (κ1) is 26.7. The Hall–Kier alpha value is -4.32. The van der Waals surface area contributed by atoms with Gasteiger partial charge in [0.15, 0.2) is 0 Å². The van der Waals surface area contributed by atoms with Gasteiger partial charge in [-0.3, -0.25) is 0 Å². The van der Waals surface area contributed by atoms with Gasteiger partial charge in [0.25, 0.3) is 0 Å². The molecule has 6 nitrogen and oxygen atoms in total. The fourth-order valence-corrected chi connectivity index (χ4v) is 3.90. The van der Waals surface area contributed by atoms with Crippen LogP contribution >= 0.6 is 0 Å². The van der Waals surface area contributed by atoms with E-state index < -0.39 is 0 Å². The van der Waals surface area contributed by atoms with Crippen LogP contribution in [0.25, 0.3) is 22.1 Å². The van der Waals surface area contributed by atoms with Crippen LogP contribution in [0.15, 0.2) is 100 Å². The maximum atomic E-state index is 11.3. The molecule has 38 heavy (non-hydrogen) atoms. The van der Waals surface area contributed by atoms with Gasteiger partial charge in [-0.1, -0.05) is 36.9 Å². The third-order valence-corrected chi connectivity index (χ3v) is 6.02. The quantitative estimate of drug-likeness (QED) is 0.0823. The highest BCUT2D eigenvalue weighted by molar-refractivity contribution is 5.86. The lowest BCUT2D eigenvalue weighted by Gasteiger charge is -2.09. The number of rotatable bonds is 13. The summed E-state index contributed by atoms with van der Waals surface area (Å²) in [5, 5.41) is 0.868. The second-order valence-electron chi connectivity index (χ2n) is 9.14. The molecule has 6 heteroatoms. The van der Waals surface area contributed by atoms with Crippen molar-refractivity contribution in [3.05, 3.63) is 107 Å². The number of esters is 1. The molecule has 0 spiro atoms. The van der Waals surface area contributed by atoms with Gasteiger partial charge in [0.05, 0.1) is 13.2 Å². The van der Waals surface area contributed by atoms with E-state index in [0.717, 1.165) is 59.3 Å². The Morgan fingerprint density at radius 2 is 1.39 bits per heavy atom. The number of fused-ring (bicyclic) bond motifs is 1. The molecule has 0 amide bonds. The summed E-state index contributed by atoms with van der Waals surface area (Å²) in [4.78, 5) is 22.7. The summed E-state index contributed by atoms with van der Waals surface area (Å²) in [7, 11) is 0. The van der Waals surface area contributed by atoms with E-state index in [1.807, 2.05) is 48.5 Å². The predicted octanol–water partition coefficient (Wildman–Crippen LogP) is 7.10. The standard InChI is InChI=1S/C32H32O6/c1-23(2)32(34)36-20-6-4-3-5-19-35-28-13-8-25(9-14-28)26-10-15-29(16-11-26)37-22-24-7-17-30-27(21-24)12-18-31(33)38-30/h7-18,21H,1,3-6,19-20,22H2,2H3. The van der Waals surface area contributed by atoms with Crippen LogP contribution in [0.3, 0.4) is 0 Å². The first-order valence-electron chi connectivity index (χ1n) is 12.8. The highest BCUT2D eigenvalue weighted by Crippen LogP contribution is 2.25. The van der Waals surface area contributed by atoms with Gasteiger partial charge in [-0.25, -0.2) is 9.59 Å². The zero-order valence-corrected chi connectivity index (χ0v) is 21.6. The molecule has 0 atom stereocenters. The Bertz CT molecular complexity index is 1420. The summed E-state index contributed by atoms with van der Waals surface area (Å²) in [6.45, 7) is 6.73. The Labute approximate surface area is 222 Å². The molecule has 0 N–H and O–H groups in total. The van der Waals surface area contributed by atoms with Crippen molar-refractivity contribution in [3.8, 4) is 22.6 Å². The van der Waals surface area contributed by atoms with E-state index in [0.29, 0.717) is 31.0 Å². The van der Waals surface area contributed by atoms with Crippen LogP contribution in [0.5, 0.6) is 11.5 Å². The number of carbonyl (C=O) groups is 1. The largest absolute Gasteiger partial charge is 0.494 e. The molecule has 0 bridgehead atoms. The van der Waals surface area contributed by atoms with E-state index in [9.17, 15) is 9.59 Å². The van der Waals surface area contributed by atoms with E-state index in [2.05, 4.69) is 18.7 Å². The van der Waals surface area contributed by atoms with Crippen LogP contribution < -0.4 is 15.1 Å². The van der Waals surface area contributed by atoms with Gasteiger partial charge in [-0.2, -0.15) is 0 Å². The average molecular weight is 513 g/mol. The van der Waals surface area contributed by atoms with Gasteiger partial charge >= 0.3 is 11.6 Å². The summed E-state index contributed by atoms with van der Waals surface area (Å²) in [6, 6.07) is 24.9. The molecule has 0 unspecified atom stereocenters. The Kier molecular flexibility index (Phi) is 9.35. The van der Waals surface area contributed by atoms with Crippen LogP contribution in [-0.4, -0.2) is 19.2 Å². The third-order valence-electron chi connectivity index (χ3n) is 6.02. The number of unbranched alkanes of at least 4 members (excludes halogenated alkanes) is 3. The normalized spacial score (nSPS) is 10.8. The molecule has 0 aliphatic heterocycles. The van der Waals surface area contributed by atoms with Gasteiger partial charge < -0.3 is 18.6 Å². The molecule has 0 saturated carbocycles. The van der Waals surface area contributed by atoms with Crippen molar-refractivity contribution in [1.82, 2.24) is 0 Å². The first-order valence-corrected chi connectivity index (χ1v) is 12.8. The predicted molar refractivity (Wildman–Crippen MR) is 148 cm³/mol. The lowest BCUT2D eigenvalue weighted by Crippen LogP contribution is -2.06. The van der Waals surface area contributed by atoms with Crippen LogP contribution in [0.4, 0.5) is 0 Å². The van der Waals surface area contributed by atoms with Gasteiger partial charge in [0.2, 0.25) is 0 Å². The Morgan fingerprint density at radius 3 is 2.05 bits per heavy atom. The second-order valence-corrected chi connectivity index (χ2v) is 9.14. The minimum Gasteiger partial charge on any atom is -0.494 e. The lowest BCUT2D eigenvalue weighted by molar-refractivity contribution is -0.139. The molecule has 0 saturated heterocycles. The van der Waals surface area contributed by atoms with Crippen molar-refractivity contribution in [2.45, 2.75) is 39.2 Å². The van der Waals surface area contributed by atoms with Crippen LogP contribution in [0.2, 0.25) is 0 Å². The Balaban J connectivity index is 1.18. The van der Waals surface area contributed by atoms with Gasteiger partial charge in [0.1, 0.15) is 23.7 Å². The smallest absolute Gasteiger partial charge is 0.336 e. The van der Waals surface area contributed by atoms with Crippen molar-refractivity contribution in [3.63, 3.8) is 0 Å². The molecule has 0 radical (unpaired) electrons. The van der Waals surface area contributed by atoms with Crippen LogP contribution in [0, 0.1) is 0 Å². The van der Waals surface area contributed by atoms with Crippen molar-refractivity contribution in [2.24, 2.45) is 0 Å². The second kappa shape index (κ2) is 13.3. The van der Waals surface area contributed by atoms with E-state index >= 15 is 0 Å². The number of hydrogen-bond acceptors (Lipinski definition) is 6. The van der Waals surface area contributed by atoms with Crippen LogP contribution in [-0.2, 0) is 16.1 Å². The SMILES string of the molecule is C=C(C)C(=O)OCCCCCCOc1ccc(-c2ccc(OCc3ccc4oc(=O)ccc4c3)cc2)cc1. The van der Waals surface area contributed by atoms with E-state index in [4.69, 9.17) is 18.6 Å². The third kappa shape index (κ3) is 7.84. The molecule has 0 fully saturated rings. The van der Waals surface area contributed by atoms with E-state index in [-0.39, 0.29) is 11.6 Å². The van der Waals surface area contributed by atoms with Gasteiger partial charge in [0, 0.05) is 17.0 Å². The molecule has 4 aromatic rings. The Morgan fingerprint density at radius 1 is 0.763 bits per heavy atom. The van der Waals surface area contributed by atoms with Crippen molar-refractivity contribution in [1.29, 1.82) is 0 Å². The van der Waals surface area contributed by atoms with Crippen molar-refractivity contribution in [2.75, 3.05) is 13.2 Å². The maximum Gasteiger partial charge on any atom is 0.336 e. The molecule has 1 aromatic heterocycles. The average Bonchev–Trinajstić information content (AvgIpc) is 2.93. The zero-order chi connectivity index (χ0) is 26.7. The molecule has 0 aliphatic rings. The summed E-state index contributed by atoms with van der Waals surface area (Å²) in [5.74, 6) is 1.30. The molecule has 3 aromatic carbocycles. The minimum atomic E-state index is -0.354. The number of hydrogen-bond donors (Lipinski definition) is 0. The molecular weight excluding hydrogens is 480 g/mol. The van der Waals surface area contributed by atoms with Gasteiger partial charge in [-0.05, 0) is 91.8 Å². The number of ether oxygens (including phenoxy) is 3. The number of carbonyl (C=O) groups excluding carboxylic acids is 1. The number of benzene rings is 3. The molecule has 196 valence electrons. The monoisotopic (exact) mass is 512 g/mol. The lowest BCUT2D eigenvalue weighted by atomic mass is 10.1. The minimum absolute atomic E-state index is 0.322. The molecule has 1 heterocycles. The summed E-state index contributed by atoms with van der Waals surface area (Å²) < 4.78 is 22.1. The van der Waals surface area contributed by atoms with Crippen molar-refractivity contribution >= 4 is 16.9 Å². The molecule has 0 aliphatic carbocycles.